The molecule has 0 aliphatic heterocycles. The zero-order chi connectivity index (χ0) is 15.7. The van der Waals surface area contributed by atoms with Gasteiger partial charge in [0.25, 0.3) is 5.56 Å². The summed E-state index contributed by atoms with van der Waals surface area (Å²) in [6, 6.07) is 13.7. The molecule has 3 aromatic rings. The highest BCUT2D eigenvalue weighted by atomic mass is 79.9. The number of rotatable bonds is 2. The second-order valence-electron chi connectivity index (χ2n) is 4.91. The van der Waals surface area contributed by atoms with Gasteiger partial charge in [0.1, 0.15) is 11.6 Å². The van der Waals surface area contributed by atoms with Crippen LogP contribution in [0.1, 0.15) is 11.1 Å². The first kappa shape index (κ1) is 14.8. The first-order chi connectivity index (χ1) is 10.6. The minimum atomic E-state index is -0.361. The molecule has 0 amide bonds. The summed E-state index contributed by atoms with van der Waals surface area (Å²) in [5.74, 6) is 0. The van der Waals surface area contributed by atoms with Crippen molar-refractivity contribution in [3.63, 3.8) is 0 Å². The van der Waals surface area contributed by atoms with Crippen LogP contribution in [0.2, 0.25) is 0 Å². The number of hydrogen-bond donors (Lipinski definition) is 1. The topological polar surface area (TPSA) is 56.6 Å². The summed E-state index contributed by atoms with van der Waals surface area (Å²) in [4.78, 5) is 15.9. The standard InChI is InChI=1S/C17H11BrN2OS/c1-10-2-4-11(5-3-10)15-7-13(14(8-19)17(21)20-15)16-6-12(18)9-22-16/h2-7,9H,1H3,(H,20,21). The summed E-state index contributed by atoms with van der Waals surface area (Å²) in [6.45, 7) is 2.01. The van der Waals surface area contributed by atoms with Crippen LogP contribution in [0.4, 0.5) is 0 Å². The molecule has 3 rings (SSSR count). The average Bonchev–Trinajstić information content (AvgIpc) is 2.93. The lowest BCUT2D eigenvalue weighted by Crippen LogP contribution is -2.12. The highest BCUT2D eigenvalue weighted by molar-refractivity contribution is 9.10. The Morgan fingerprint density at radius 1 is 1.23 bits per heavy atom. The number of benzene rings is 1. The highest BCUT2D eigenvalue weighted by Gasteiger charge is 2.13. The zero-order valence-corrected chi connectivity index (χ0v) is 14.1. The SMILES string of the molecule is Cc1ccc(-c2cc(-c3cc(Br)cs3)c(C#N)c(=O)[nH]2)cc1. The monoisotopic (exact) mass is 370 g/mol. The van der Waals surface area contributed by atoms with Crippen LogP contribution in [0.15, 0.2) is 51.0 Å². The summed E-state index contributed by atoms with van der Waals surface area (Å²) >= 11 is 4.90. The van der Waals surface area contributed by atoms with Gasteiger partial charge in [0.2, 0.25) is 0 Å². The fourth-order valence-electron chi connectivity index (χ4n) is 2.21. The molecule has 5 heteroatoms. The van der Waals surface area contributed by atoms with E-state index in [9.17, 15) is 10.1 Å². The van der Waals surface area contributed by atoms with Crippen molar-refractivity contribution in [1.82, 2.24) is 4.98 Å². The smallest absolute Gasteiger partial charge is 0.267 e. The van der Waals surface area contributed by atoms with Crippen LogP contribution >= 0.6 is 27.3 Å². The lowest BCUT2D eigenvalue weighted by Gasteiger charge is -2.06. The van der Waals surface area contributed by atoms with Crippen LogP contribution in [0.3, 0.4) is 0 Å². The fraction of sp³-hybridized carbons (Fsp3) is 0.0588. The number of thiophene rings is 1. The molecule has 0 aliphatic rings. The molecule has 0 saturated carbocycles. The van der Waals surface area contributed by atoms with Crippen molar-refractivity contribution in [3.8, 4) is 27.8 Å². The van der Waals surface area contributed by atoms with Gasteiger partial charge < -0.3 is 4.98 Å². The Labute approximate surface area is 140 Å². The molecule has 2 heterocycles. The maximum Gasteiger partial charge on any atom is 0.267 e. The van der Waals surface area contributed by atoms with Crippen LogP contribution in [-0.2, 0) is 0 Å². The van der Waals surface area contributed by atoms with Crippen LogP contribution < -0.4 is 5.56 Å². The maximum absolute atomic E-state index is 12.2. The van der Waals surface area contributed by atoms with Gasteiger partial charge in [-0.15, -0.1) is 11.3 Å². The second-order valence-corrected chi connectivity index (χ2v) is 6.73. The van der Waals surface area contributed by atoms with Gasteiger partial charge in [-0.05, 0) is 40.5 Å². The number of nitriles is 1. The van der Waals surface area contributed by atoms with Crippen molar-refractivity contribution < 1.29 is 0 Å². The van der Waals surface area contributed by atoms with Gasteiger partial charge in [0, 0.05) is 26.0 Å². The molecule has 1 N–H and O–H groups in total. The molecule has 108 valence electrons. The number of aromatic amines is 1. The number of aryl methyl sites for hydroxylation is 1. The first-order valence-corrected chi connectivity index (χ1v) is 8.24. The van der Waals surface area contributed by atoms with E-state index in [0.717, 1.165) is 20.5 Å². The van der Waals surface area contributed by atoms with E-state index in [-0.39, 0.29) is 11.1 Å². The van der Waals surface area contributed by atoms with E-state index in [1.807, 2.05) is 54.8 Å². The van der Waals surface area contributed by atoms with E-state index in [1.165, 1.54) is 11.3 Å². The third-order valence-corrected chi connectivity index (χ3v) is 5.06. The lowest BCUT2D eigenvalue weighted by molar-refractivity contribution is 1.22. The van der Waals surface area contributed by atoms with Crippen LogP contribution in [-0.4, -0.2) is 4.98 Å². The average molecular weight is 371 g/mol. The van der Waals surface area contributed by atoms with Gasteiger partial charge in [0.05, 0.1) is 0 Å². The molecule has 0 radical (unpaired) electrons. The third kappa shape index (κ3) is 2.76. The fourth-order valence-corrected chi connectivity index (χ4v) is 3.66. The van der Waals surface area contributed by atoms with E-state index in [2.05, 4.69) is 20.9 Å². The molecule has 2 aromatic heterocycles. The Kier molecular flexibility index (Phi) is 3.97. The van der Waals surface area contributed by atoms with Gasteiger partial charge in [0.15, 0.2) is 0 Å². The molecule has 0 bridgehead atoms. The number of pyridine rings is 1. The lowest BCUT2D eigenvalue weighted by atomic mass is 10.0. The second kappa shape index (κ2) is 5.91. The maximum atomic E-state index is 12.2. The predicted octanol–water partition coefficient (Wildman–Crippen LogP) is 4.71. The number of H-pyrrole nitrogens is 1. The van der Waals surface area contributed by atoms with Crippen molar-refractivity contribution in [2.75, 3.05) is 0 Å². The van der Waals surface area contributed by atoms with Gasteiger partial charge in [-0.3, -0.25) is 4.79 Å². The molecule has 0 unspecified atom stereocenters. The molecule has 1 aromatic carbocycles. The first-order valence-electron chi connectivity index (χ1n) is 6.57. The molecular weight excluding hydrogens is 360 g/mol. The normalized spacial score (nSPS) is 10.4. The molecule has 0 saturated heterocycles. The number of aromatic nitrogens is 1. The minimum absolute atomic E-state index is 0.144. The van der Waals surface area contributed by atoms with Crippen molar-refractivity contribution in [2.45, 2.75) is 6.92 Å². The van der Waals surface area contributed by atoms with Gasteiger partial charge in [-0.1, -0.05) is 29.8 Å². The molecule has 22 heavy (non-hydrogen) atoms. The van der Waals surface area contributed by atoms with Crippen LogP contribution in [0.25, 0.3) is 21.7 Å². The van der Waals surface area contributed by atoms with E-state index >= 15 is 0 Å². The zero-order valence-electron chi connectivity index (χ0n) is 11.7. The van der Waals surface area contributed by atoms with Gasteiger partial charge in [-0.2, -0.15) is 5.26 Å². The number of halogens is 1. The van der Waals surface area contributed by atoms with Crippen LogP contribution in [0, 0.1) is 18.3 Å². The predicted molar refractivity (Wildman–Crippen MR) is 93.0 cm³/mol. The van der Waals surface area contributed by atoms with E-state index in [0.29, 0.717) is 11.3 Å². The Morgan fingerprint density at radius 2 is 1.95 bits per heavy atom. The molecule has 0 fully saturated rings. The van der Waals surface area contributed by atoms with Crippen molar-refractivity contribution >= 4 is 27.3 Å². The van der Waals surface area contributed by atoms with E-state index in [4.69, 9.17) is 0 Å². The number of hydrogen-bond acceptors (Lipinski definition) is 3. The Bertz CT molecular complexity index is 933. The summed E-state index contributed by atoms with van der Waals surface area (Å²) in [7, 11) is 0. The van der Waals surface area contributed by atoms with Crippen molar-refractivity contribution in [3.05, 3.63) is 67.7 Å². The summed E-state index contributed by atoms with van der Waals surface area (Å²) in [5, 5.41) is 11.2. The Hall–Kier alpha value is -2.16. The summed E-state index contributed by atoms with van der Waals surface area (Å²) in [5.41, 5.74) is 3.23. The number of nitrogens with zero attached hydrogens (tertiary/aromatic N) is 1. The van der Waals surface area contributed by atoms with E-state index in [1.54, 1.807) is 0 Å². The molecule has 0 spiro atoms. The largest absolute Gasteiger partial charge is 0.321 e. The minimum Gasteiger partial charge on any atom is -0.321 e. The van der Waals surface area contributed by atoms with Gasteiger partial charge >= 0.3 is 0 Å². The highest BCUT2D eigenvalue weighted by Crippen LogP contribution is 2.32. The van der Waals surface area contributed by atoms with Gasteiger partial charge in [-0.25, -0.2) is 0 Å². The van der Waals surface area contributed by atoms with E-state index < -0.39 is 0 Å². The molecule has 3 nitrogen and oxygen atoms in total. The molecule has 0 aliphatic carbocycles. The van der Waals surface area contributed by atoms with Crippen LogP contribution in [0.5, 0.6) is 0 Å². The molecular formula is C17H11BrN2OS. The third-order valence-electron chi connectivity index (χ3n) is 3.34. The summed E-state index contributed by atoms with van der Waals surface area (Å²) in [6.07, 6.45) is 0. The number of nitrogens with one attached hydrogen (secondary N) is 1. The molecule has 0 atom stereocenters. The Balaban J connectivity index is 2.23. The van der Waals surface area contributed by atoms with Crippen molar-refractivity contribution in [1.29, 1.82) is 5.26 Å². The summed E-state index contributed by atoms with van der Waals surface area (Å²) < 4.78 is 0.938. The quantitative estimate of drug-likeness (QED) is 0.709. The van der Waals surface area contributed by atoms with Crippen molar-refractivity contribution in [2.24, 2.45) is 0 Å². The Morgan fingerprint density at radius 3 is 2.55 bits per heavy atom.